The maximum atomic E-state index is 13.3. The molecule has 0 atom stereocenters. The summed E-state index contributed by atoms with van der Waals surface area (Å²) in [7, 11) is 1.53. The van der Waals surface area contributed by atoms with Gasteiger partial charge >= 0.3 is 6.03 Å². The molecule has 4 amide bonds. The topological polar surface area (TPSA) is 93.5 Å². The van der Waals surface area contributed by atoms with Crippen LogP contribution in [0.5, 0.6) is 5.75 Å². The number of fused-ring (bicyclic) bond motifs is 1. The van der Waals surface area contributed by atoms with Crippen LogP contribution in [0.15, 0.2) is 72.4 Å². The van der Waals surface area contributed by atoms with Crippen molar-refractivity contribution in [1.82, 2.24) is 14.9 Å². The number of carbonyl (C=O) groups excluding carboxylic acids is 3. The molecule has 5 rings (SSSR count). The summed E-state index contributed by atoms with van der Waals surface area (Å²) in [5.41, 5.74) is 4.55. The Kier molecular flexibility index (Phi) is 5.41. The van der Waals surface area contributed by atoms with Crippen LogP contribution in [0.25, 0.3) is 22.7 Å². The highest BCUT2D eigenvalue weighted by atomic mass is 16.5. The first-order valence-electron chi connectivity index (χ1n) is 11.0. The predicted molar refractivity (Wildman–Crippen MR) is 133 cm³/mol. The van der Waals surface area contributed by atoms with Crippen molar-refractivity contribution in [2.45, 2.75) is 13.8 Å². The molecule has 0 aliphatic carbocycles. The Hall–Kier alpha value is -4.72. The van der Waals surface area contributed by atoms with Crippen molar-refractivity contribution in [3.63, 3.8) is 0 Å². The molecule has 1 fully saturated rings. The van der Waals surface area contributed by atoms with Crippen molar-refractivity contribution in [1.29, 1.82) is 0 Å². The fraction of sp³-hybridized carbons (Fsp3) is 0.111. The summed E-state index contributed by atoms with van der Waals surface area (Å²) in [4.78, 5) is 43.7. The molecule has 8 heteroatoms. The number of amides is 4. The molecule has 174 valence electrons. The highest BCUT2D eigenvalue weighted by Crippen LogP contribution is 2.28. The molecular weight excluding hydrogens is 444 g/mol. The average Bonchev–Trinajstić information content (AvgIpc) is 3.14. The summed E-state index contributed by atoms with van der Waals surface area (Å²) in [6.07, 6.45) is 3.28. The minimum atomic E-state index is -0.794. The summed E-state index contributed by atoms with van der Waals surface area (Å²) in [6.45, 7) is 3.88. The molecule has 0 spiro atoms. The van der Waals surface area contributed by atoms with Crippen LogP contribution in [0, 0.1) is 13.8 Å². The van der Waals surface area contributed by atoms with Crippen LogP contribution in [0.3, 0.4) is 0 Å². The molecule has 2 aromatic heterocycles. The molecule has 4 aromatic rings. The van der Waals surface area contributed by atoms with E-state index < -0.39 is 17.8 Å². The number of urea groups is 1. The van der Waals surface area contributed by atoms with Gasteiger partial charge in [-0.05, 0) is 80.1 Å². The van der Waals surface area contributed by atoms with Crippen LogP contribution < -0.4 is 15.0 Å². The zero-order chi connectivity index (χ0) is 24.7. The van der Waals surface area contributed by atoms with Gasteiger partial charge in [0, 0.05) is 28.7 Å². The van der Waals surface area contributed by atoms with Crippen LogP contribution in [0.4, 0.5) is 10.5 Å². The molecule has 2 aromatic carbocycles. The van der Waals surface area contributed by atoms with Crippen LogP contribution in [0.1, 0.15) is 17.0 Å². The summed E-state index contributed by atoms with van der Waals surface area (Å²) < 4.78 is 7.19. The summed E-state index contributed by atoms with van der Waals surface area (Å²) in [6, 6.07) is 17.4. The Bertz CT molecular complexity index is 1530. The van der Waals surface area contributed by atoms with Crippen LogP contribution in [-0.4, -0.2) is 34.5 Å². The number of aromatic nitrogens is 2. The van der Waals surface area contributed by atoms with Gasteiger partial charge < -0.3 is 9.30 Å². The van der Waals surface area contributed by atoms with E-state index in [1.807, 2.05) is 50.2 Å². The largest absolute Gasteiger partial charge is 0.497 e. The summed E-state index contributed by atoms with van der Waals surface area (Å²) >= 11 is 0. The number of anilines is 1. The highest BCUT2D eigenvalue weighted by molar-refractivity contribution is 6.39. The quantitative estimate of drug-likeness (QED) is 0.357. The molecule has 0 unspecified atom stereocenters. The van der Waals surface area contributed by atoms with E-state index in [1.165, 1.54) is 13.2 Å². The monoisotopic (exact) mass is 466 g/mol. The Balaban J connectivity index is 1.54. The van der Waals surface area contributed by atoms with Gasteiger partial charge in [-0.1, -0.05) is 6.07 Å². The van der Waals surface area contributed by atoms with E-state index in [-0.39, 0.29) is 5.57 Å². The van der Waals surface area contributed by atoms with E-state index in [0.29, 0.717) is 17.0 Å². The molecule has 1 aliphatic heterocycles. The molecule has 0 radical (unpaired) electrons. The molecule has 0 bridgehead atoms. The van der Waals surface area contributed by atoms with Crippen molar-refractivity contribution in [2.75, 3.05) is 12.0 Å². The lowest BCUT2D eigenvalue weighted by Crippen LogP contribution is -2.54. The molecule has 35 heavy (non-hydrogen) atoms. The molecule has 8 nitrogen and oxygen atoms in total. The predicted octanol–water partition coefficient (Wildman–Crippen LogP) is 4.32. The number of ether oxygens (including phenoxy) is 1. The second-order valence-electron chi connectivity index (χ2n) is 8.20. The number of methoxy groups -OCH3 is 1. The normalized spacial score (nSPS) is 15.1. The molecular formula is C27H22N4O4. The number of hydrogen-bond donors (Lipinski definition) is 1. The zero-order valence-electron chi connectivity index (χ0n) is 19.4. The van der Waals surface area contributed by atoms with Gasteiger partial charge in [0.2, 0.25) is 0 Å². The van der Waals surface area contributed by atoms with Gasteiger partial charge in [-0.2, -0.15) is 0 Å². The van der Waals surface area contributed by atoms with Crippen LogP contribution in [-0.2, 0) is 9.59 Å². The van der Waals surface area contributed by atoms with E-state index in [2.05, 4.69) is 14.9 Å². The van der Waals surface area contributed by atoms with Crippen molar-refractivity contribution < 1.29 is 19.1 Å². The Labute approximate surface area is 201 Å². The lowest BCUT2D eigenvalue weighted by atomic mass is 10.1. The first-order chi connectivity index (χ1) is 16.9. The van der Waals surface area contributed by atoms with E-state index >= 15 is 0 Å². The van der Waals surface area contributed by atoms with Gasteiger partial charge in [0.05, 0.1) is 18.3 Å². The highest BCUT2D eigenvalue weighted by Gasteiger charge is 2.37. The van der Waals surface area contributed by atoms with Crippen LogP contribution in [0.2, 0.25) is 0 Å². The Morgan fingerprint density at radius 1 is 0.943 bits per heavy atom. The molecule has 3 heterocycles. The Morgan fingerprint density at radius 2 is 1.69 bits per heavy atom. The number of barbiturate groups is 1. The maximum Gasteiger partial charge on any atom is 0.335 e. The third kappa shape index (κ3) is 3.85. The summed E-state index contributed by atoms with van der Waals surface area (Å²) in [5.74, 6) is -0.834. The van der Waals surface area contributed by atoms with Crippen molar-refractivity contribution in [2.24, 2.45) is 0 Å². The minimum absolute atomic E-state index is 0.122. The van der Waals surface area contributed by atoms with Crippen molar-refractivity contribution in [3.8, 4) is 11.4 Å². The fourth-order valence-electron chi connectivity index (χ4n) is 4.31. The molecule has 1 saturated heterocycles. The lowest BCUT2D eigenvalue weighted by molar-refractivity contribution is -0.122. The fourth-order valence-corrected chi connectivity index (χ4v) is 4.31. The van der Waals surface area contributed by atoms with Gasteiger partial charge in [-0.15, -0.1) is 0 Å². The average molecular weight is 466 g/mol. The van der Waals surface area contributed by atoms with E-state index in [0.717, 1.165) is 32.9 Å². The van der Waals surface area contributed by atoms with Crippen LogP contribution >= 0.6 is 0 Å². The molecule has 1 N–H and O–H groups in total. The number of pyridine rings is 1. The van der Waals surface area contributed by atoms with Gasteiger partial charge in [0.15, 0.2) is 0 Å². The number of benzene rings is 2. The SMILES string of the molecule is COc1ccc(N2C(=O)NC(=O)/C(=C/c3cc(C)n(-c4ccc5ncccc5c4)c3C)C2=O)cc1. The smallest absolute Gasteiger partial charge is 0.335 e. The number of nitrogens with one attached hydrogen (secondary N) is 1. The minimum Gasteiger partial charge on any atom is -0.497 e. The van der Waals surface area contributed by atoms with Gasteiger partial charge in [-0.25, -0.2) is 9.69 Å². The van der Waals surface area contributed by atoms with Crippen molar-refractivity contribution in [3.05, 3.63) is 89.4 Å². The number of aryl methyl sites for hydroxylation is 1. The van der Waals surface area contributed by atoms with Gasteiger partial charge in [-0.3, -0.25) is 19.9 Å². The molecule has 1 aliphatic rings. The number of carbonyl (C=O) groups is 3. The number of rotatable bonds is 4. The van der Waals surface area contributed by atoms with E-state index in [4.69, 9.17) is 4.74 Å². The van der Waals surface area contributed by atoms with Gasteiger partial charge in [0.25, 0.3) is 11.8 Å². The zero-order valence-corrected chi connectivity index (χ0v) is 19.4. The third-order valence-corrected chi connectivity index (χ3v) is 6.05. The van der Waals surface area contributed by atoms with E-state index in [9.17, 15) is 14.4 Å². The third-order valence-electron chi connectivity index (χ3n) is 6.05. The lowest BCUT2D eigenvalue weighted by Gasteiger charge is -2.26. The summed E-state index contributed by atoms with van der Waals surface area (Å²) in [5, 5.41) is 3.27. The number of imide groups is 2. The Morgan fingerprint density at radius 3 is 2.43 bits per heavy atom. The second-order valence-corrected chi connectivity index (χ2v) is 8.20. The standard InChI is InChI=1S/C27H22N4O4/c1-16-13-19(17(2)30(16)21-8-11-24-18(14-21)5-4-12-28-24)15-23-25(32)29-27(34)31(26(23)33)20-6-9-22(35-3)10-7-20/h4-15H,1-3H3,(H,29,32,34)/b23-15-. The van der Waals surface area contributed by atoms with Gasteiger partial charge in [0.1, 0.15) is 11.3 Å². The van der Waals surface area contributed by atoms with E-state index in [1.54, 1.807) is 30.5 Å². The maximum absolute atomic E-state index is 13.3. The first kappa shape index (κ1) is 22.1. The second kappa shape index (κ2) is 8.57. The number of nitrogens with zero attached hydrogens (tertiary/aromatic N) is 3. The molecule has 0 saturated carbocycles. The first-order valence-corrected chi connectivity index (χ1v) is 11.0. The van der Waals surface area contributed by atoms with Crippen molar-refractivity contribution >= 4 is 40.5 Å². The number of hydrogen-bond acceptors (Lipinski definition) is 5.